The molecule has 0 atom stereocenters. The molecule has 25 heavy (non-hydrogen) atoms. The third kappa shape index (κ3) is 3.35. The molecule has 0 amide bonds. The molecular weight excluding hydrogens is 312 g/mol. The maximum absolute atomic E-state index is 4.44. The molecule has 6 heteroatoms. The topological polar surface area (TPSA) is 49.6 Å². The quantitative estimate of drug-likeness (QED) is 0.733. The van der Waals surface area contributed by atoms with Gasteiger partial charge in [-0.05, 0) is 38.4 Å². The third-order valence-corrected chi connectivity index (χ3v) is 5.07. The number of anilines is 1. The molecule has 4 rings (SSSR count). The van der Waals surface area contributed by atoms with Crippen LogP contribution in [0.25, 0.3) is 5.65 Å². The van der Waals surface area contributed by atoms with Crippen LogP contribution in [0.1, 0.15) is 24.1 Å². The summed E-state index contributed by atoms with van der Waals surface area (Å²) in [6.07, 6.45) is 3.99. The fraction of sp³-hybridized carbons (Fsp3) is 0.421. The van der Waals surface area contributed by atoms with Gasteiger partial charge in [-0.15, -0.1) is 10.2 Å². The summed E-state index contributed by atoms with van der Waals surface area (Å²) in [7, 11) is 2.24. The highest BCUT2D eigenvalue weighted by Gasteiger charge is 2.24. The number of aryl methyl sites for hydroxylation is 1. The molecule has 2 aromatic heterocycles. The zero-order valence-corrected chi connectivity index (χ0v) is 14.8. The fourth-order valence-corrected chi connectivity index (χ4v) is 3.71. The van der Waals surface area contributed by atoms with Gasteiger partial charge in [0.1, 0.15) is 6.33 Å². The molecule has 1 saturated heterocycles. The summed E-state index contributed by atoms with van der Waals surface area (Å²) in [5, 5.41) is 12.7. The van der Waals surface area contributed by atoms with Gasteiger partial charge in [0, 0.05) is 25.7 Å². The van der Waals surface area contributed by atoms with Gasteiger partial charge in [0.15, 0.2) is 0 Å². The molecule has 0 radical (unpaired) electrons. The van der Waals surface area contributed by atoms with E-state index in [2.05, 4.69) is 68.5 Å². The van der Waals surface area contributed by atoms with Crippen molar-refractivity contribution in [2.24, 2.45) is 0 Å². The van der Waals surface area contributed by atoms with Crippen molar-refractivity contribution in [1.82, 2.24) is 24.7 Å². The minimum Gasteiger partial charge on any atom is -0.368 e. The van der Waals surface area contributed by atoms with E-state index in [0.29, 0.717) is 6.04 Å². The number of nitrogens with zero attached hydrogens (tertiary/aromatic N) is 6. The van der Waals surface area contributed by atoms with Crippen molar-refractivity contribution in [1.29, 1.82) is 0 Å². The van der Waals surface area contributed by atoms with Gasteiger partial charge in [0.25, 0.3) is 0 Å². The first-order valence-electron chi connectivity index (χ1n) is 8.87. The number of aromatic nitrogens is 4. The minimum atomic E-state index is 0.619. The van der Waals surface area contributed by atoms with Crippen LogP contribution < -0.4 is 4.90 Å². The molecule has 0 bridgehead atoms. The fourth-order valence-electron chi connectivity index (χ4n) is 3.71. The molecule has 6 nitrogen and oxygen atoms in total. The molecule has 130 valence electrons. The van der Waals surface area contributed by atoms with E-state index in [0.717, 1.165) is 49.5 Å². The van der Waals surface area contributed by atoms with E-state index in [1.165, 1.54) is 5.56 Å². The van der Waals surface area contributed by atoms with Crippen molar-refractivity contribution in [3.8, 4) is 0 Å². The standard InChI is InChI=1S/C19H24N6/c1-15-12-18(19-21-20-14-25(19)22-15)24-10-8-17(9-11-24)23(2)13-16-6-4-3-5-7-16/h3-7,12,14,17H,8-11,13H2,1-2H3. The van der Waals surface area contributed by atoms with Crippen molar-refractivity contribution < 1.29 is 0 Å². The van der Waals surface area contributed by atoms with Crippen LogP contribution in [0.5, 0.6) is 0 Å². The van der Waals surface area contributed by atoms with Crippen LogP contribution in [0.15, 0.2) is 42.7 Å². The van der Waals surface area contributed by atoms with Gasteiger partial charge in [-0.25, -0.2) is 0 Å². The largest absolute Gasteiger partial charge is 0.368 e. The summed E-state index contributed by atoms with van der Waals surface area (Å²) in [4.78, 5) is 4.91. The molecule has 1 fully saturated rings. The van der Waals surface area contributed by atoms with Crippen molar-refractivity contribution in [2.75, 3.05) is 25.0 Å². The Kier molecular flexibility index (Phi) is 4.36. The maximum Gasteiger partial charge on any atom is 0.200 e. The maximum atomic E-state index is 4.44. The SMILES string of the molecule is Cc1cc(N2CCC(N(C)Cc3ccccc3)CC2)c2nncn2n1. The first-order valence-corrected chi connectivity index (χ1v) is 8.87. The zero-order chi connectivity index (χ0) is 17.2. The van der Waals surface area contributed by atoms with E-state index in [4.69, 9.17) is 0 Å². The summed E-state index contributed by atoms with van der Waals surface area (Å²) in [6, 6.07) is 13.4. The summed E-state index contributed by atoms with van der Waals surface area (Å²) in [5.74, 6) is 0. The number of hydrogen-bond acceptors (Lipinski definition) is 5. The minimum absolute atomic E-state index is 0.619. The highest BCUT2D eigenvalue weighted by Crippen LogP contribution is 2.26. The van der Waals surface area contributed by atoms with Crippen LogP contribution in [0, 0.1) is 6.92 Å². The monoisotopic (exact) mass is 336 g/mol. The lowest BCUT2D eigenvalue weighted by molar-refractivity contribution is 0.200. The molecule has 3 aromatic rings. The molecular formula is C19H24N6. The van der Waals surface area contributed by atoms with Crippen LogP contribution in [-0.2, 0) is 6.54 Å². The van der Waals surface area contributed by atoms with Gasteiger partial charge < -0.3 is 4.90 Å². The Labute approximate surface area is 148 Å². The van der Waals surface area contributed by atoms with Crippen LogP contribution in [-0.4, -0.2) is 50.9 Å². The summed E-state index contributed by atoms with van der Waals surface area (Å²) in [6.45, 7) is 5.10. The number of rotatable bonds is 4. The summed E-state index contributed by atoms with van der Waals surface area (Å²) in [5.41, 5.74) is 4.36. The first kappa shape index (κ1) is 16.0. The third-order valence-electron chi connectivity index (χ3n) is 5.07. The van der Waals surface area contributed by atoms with E-state index in [-0.39, 0.29) is 0 Å². The Bertz CT molecular complexity index is 836. The molecule has 0 unspecified atom stereocenters. The lowest BCUT2D eigenvalue weighted by Crippen LogP contribution is -2.43. The van der Waals surface area contributed by atoms with Gasteiger partial charge in [-0.2, -0.15) is 9.61 Å². The molecule has 1 aromatic carbocycles. The van der Waals surface area contributed by atoms with E-state index >= 15 is 0 Å². The number of fused-ring (bicyclic) bond motifs is 1. The number of hydrogen-bond donors (Lipinski definition) is 0. The number of benzene rings is 1. The smallest absolute Gasteiger partial charge is 0.200 e. The Morgan fingerprint density at radius 2 is 1.92 bits per heavy atom. The van der Waals surface area contributed by atoms with Crippen LogP contribution >= 0.6 is 0 Å². The second kappa shape index (κ2) is 6.80. The van der Waals surface area contributed by atoms with Gasteiger partial charge in [0.05, 0.1) is 11.4 Å². The predicted octanol–water partition coefficient (Wildman–Crippen LogP) is 2.53. The Balaban J connectivity index is 1.43. The lowest BCUT2D eigenvalue weighted by Gasteiger charge is -2.37. The molecule has 1 aliphatic heterocycles. The summed E-state index contributed by atoms with van der Waals surface area (Å²) >= 11 is 0. The lowest BCUT2D eigenvalue weighted by atomic mass is 10.0. The molecule has 0 N–H and O–H groups in total. The van der Waals surface area contributed by atoms with Crippen molar-refractivity contribution in [3.63, 3.8) is 0 Å². The van der Waals surface area contributed by atoms with E-state index < -0.39 is 0 Å². The average Bonchev–Trinajstić information content (AvgIpc) is 3.10. The molecule has 0 aliphatic carbocycles. The molecule has 0 spiro atoms. The highest BCUT2D eigenvalue weighted by atomic mass is 15.4. The molecule has 3 heterocycles. The van der Waals surface area contributed by atoms with Crippen molar-refractivity contribution >= 4 is 11.3 Å². The molecule has 1 aliphatic rings. The Morgan fingerprint density at radius 3 is 2.68 bits per heavy atom. The second-order valence-corrected chi connectivity index (χ2v) is 6.89. The Hall–Kier alpha value is -2.47. The van der Waals surface area contributed by atoms with Gasteiger partial charge in [-0.3, -0.25) is 4.90 Å². The molecule has 0 saturated carbocycles. The van der Waals surface area contributed by atoms with Crippen molar-refractivity contribution in [2.45, 2.75) is 32.4 Å². The normalized spacial score (nSPS) is 16.0. The summed E-state index contributed by atoms with van der Waals surface area (Å²) < 4.78 is 1.78. The van der Waals surface area contributed by atoms with Gasteiger partial charge in [-0.1, -0.05) is 30.3 Å². The van der Waals surface area contributed by atoms with Crippen LogP contribution in [0.2, 0.25) is 0 Å². The Morgan fingerprint density at radius 1 is 1.16 bits per heavy atom. The van der Waals surface area contributed by atoms with Crippen molar-refractivity contribution in [3.05, 3.63) is 54.0 Å². The zero-order valence-electron chi connectivity index (χ0n) is 14.8. The average molecular weight is 336 g/mol. The van der Waals surface area contributed by atoms with Crippen LogP contribution in [0.3, 0.4) is 0 Å². The van der Waals surface area contributed by atoms with E-state index in [1.54, 1.807) is 10.8 Å². The van der Waals surface area contributed by atoms with Crippen LogP contribution in [0.4, 0.5) is 5.69 Å². The van der Waals surface area contributed by atoms with Gasteiger partial charge >= 0.3 is 0 Å². The van der Waals surface area contributed by atoms with E-state index in [1.807, 2.05) is 6.92 Å². The first-order chi connectivity index (χ1) is 12.2. The number of piperidine rings is 1. The highest BCUT2D eigenvalue weighted by molar-refractivity contribution is 5.68. The van der Waals surface area contributed by atoms with E-state index in [9.17, 15) is 0 Å². The van der Waals surface area contributed by atoms with Gasteiger partial charge in [0.2, 0.25) is 5.65 Å². The predicted molar refractivity (Wildman–Crippen MR) is 98.7 cm³/mol. The second-order valence-electron chi connectivity index (χ2n) is 6.89.